The van der Waals surface area contributed by atoms with Crippen LogP contribution in [0.15, 0.2) is 23.1 Å². The number of hydrogen-bond acceptors (Lipinski definition) is 4. The minimum absolute atomic E-state index is 0.283. The number of methoxy groups -OCH3 is 1. The van der Waals surface area contributed by atoms with E-state index in [1.54, 1.807) is 6.07 Å². The van der Waals surface area contributed by atoms with Gasteiger partial charge in [0.1, 0.15) is 5.75 Å². The Labute approximate surface area is 114 Å². The molecule has 1 fully saturated rings. The van der Waals surface area contributed by atoms with Crippen molar-refractivity contribution < 1.29 is 13.2 Å². The first-order chi connectivity index (χ1) is 9.08. The van der Waals surface area contributed by atoms with Crippen molar-refractivity contribution in [2.45, 2.75) is 23.7 Å². The van der Waals surface area contributed by atoms with Crippen LogP contribution in [0.3, 0.4) is 0 Å². The molecule has 2 rings (SSSR count). The average molecular weight is 284 g/mol. The first-order valence-electron chi connectivity index (χ1n) is 6.40. The van der Waals surface area contributed by atoms with E-state index in [0.29, 0.717) is 10.6 Å². The molecule has 0 aromatic heterocycles. The molecule has 1 saturated heterocycles. The fourth-order valence-corrected chi connectivity index (χ4v) is 3.49. The maximum Gasteiger partial charge on any atom is 0.240 e. The Bertz CT molecular complexity index is 537. The third kappa shape index (κ3) is 3.08. The fraction of sp³-hybridized carbons (Fsp3) is 0.538. The highest BCUT2D eigenvalue weighted by molar-refractivity contribution is 7.89. The molecule has 0 radical (unpaired) electrons. The summed E-state index contributed by atoms with van der Waals surface area (Å²) < 4.78 is 31.8. The second-order valence-corrected chi connectivity index (χ2v) is 6.49. The Hall–Kier alpha value is -1.11. The Kier molecular flexibility index (Phi) is 4.44. The van der Waals surface area contributed by atoms with E-state index in [1.807, 2.05) is 12.1 Å². The molecule has 1 aromatic carbocycles. The summed E-state index contributed by atoms with van der Waals surface area (Å²) in [6.45, 7) is 1.85. The molecule has 106 valence electrons. The summed E-state index contributed by atoms with van der Waals surface area (Å²) in [6.07, 6.45) is 1.91. The molecule has 1 aliphatic heterocycles. The molecule has 2 N–H and O–H groups in total. The van der Waals surface area contributed by atoms with Crippen LogP contribution in [0.1, 0.15) is 24.3 Å². The van der Waals surface area contributed by atoms with Crippen molar-refractivity contribution in [3.05, 3.63) is 23.8 Å². The number of piperidine rings is 1. The Morgan fingerprint density at radius 3 is 2.58 bits per heavy atom. The van der Waals surface area contributed by atoms with E-state index in [-0.39, 0.29) is 5.92 Å². The zero-order valence-corrected chi connectivity index (χ0v) is 12.1. The number of rotatable bonds is 4. The van der Waals surface area contributed by atoms with Crippen molar-refractivity contribution in [1.29, 1.82) is 0 Å². The van der Waals surface area contributed by atoms with Gasteiger partial charge in [0.15, 0.2) is 0 Å². The zero-order valence-electron chi connectivity index (χ0n) is 11.3. The molecule has 0 aliphatic carbocycles. The van der Waals surface area contributed by atoms with E-state index in [1.165, 1.54) is 14.2 Å². The maximum atomic E-state index is 12.2. The number of sulfonamides is 1. The topological polar surface area (TPSA) is 67.4 Å². The number of hydrogen-bond donors (Lipinski definition) is 2. The van der Waals surface area contributed by atoms with Gasteiger partial charge in [-0.15, -0.1) is 0 Å². The van der Waals surface area contributed by atoms with Crippen LogP contribution < -0.4 is 14.8 Å². The van der Waals surface area contributed by atoms with Gasteiger partial charge >= 0.3 is 0 Å². The number of benzene rings is 1. The van der Waals surface area contributed by atoms with E-state index < -0.39 is 10.0 Å². The normalized spacial score (nSPS) is 17.4. The lowest BCUT2D eigenvalue weighted by Gasteiger charge is -2.25. The molecule has 0 amide bonds. The quantitative estimate of drug-likeness (QED) is 0.868. The summed E-state index contributed by atoms with van der Waals surface area (Å²) in [6, 6.07) is 5.30. The minimum atomic E-state index is -3.46. The summed E-state index contributed by atoms with van der Waals surface area (Å²) in [5.74, 6) is 0.844. The van der Waals surface area contributed by atoms with Gasteiger partial charge in [-0.1, -0.05) is 6.07 Å². The molecule has 0 spiro atoms. The van der Waals surface area contributed by atoms with Gasteiger partial charge in [-0.3, -0.25) is 0 Å². The fourth-order valence-electron chi connectivity index (χ4n) is 2.45. The van der Waals surface area contributed by atoms with Crippen molar-refractivity contribution in [3.63, 3.8) is 0 Å². The average Bonchev–Trinajstić information content (AvgIpc) is 2.47. The van der Waals surface area contributed by atoms with Crippen LogP contribution in [0.4, 0.5) is 0 Å². The molecule has 0 bridgehead atoms. The van der Waals surface area contributed by atoms with Crippen molar-refractivity contribution in [1.82, 2.24) is 10.0 Å². The molecule has 1 aliphatic rings. The van der Waals surface area contributed by atoms with E-state index >= 15 is 0 Å². The van der Waals surface area contributed by atoms with Gasteiger partial charge < -0.3 is 10.1 Å². The molecule has 19 heavy (non-hydrogen) atoms. The summed E-state index contributed by atoms with van der Waals surface area (Å²) in [4.78, 5) is 0.334. The van der Waals surface area contributed by atoms with Crippen LogP contribution in [-0.4, -0.2) is 35.7 Å². The van der Waals surface area contributed by atoms with Crippen LogP contribution in [0.25, 0.3) is 0 Å². The lowest BCUT2D eigenvalue weighted by molar-refractivity contribution is 0.411. The highest BCUT2D eigenvalue weighted by Crippen LogP contribution is 2.32. The summed E-state index contributed by atoms with van der Waals surface area (Å²) in [5, 5.41) is 3.29. The lowest BCUT2D eigenvalue weighted by Crippen LogP contribution is -2.28. The van der Waals surface area contributed by atoms with Gasteiger partial charge in [-0.05, 0) is 50.5 Å². The Balaban J connectivity index is 2.47. The van der Waals surface area contributed by atoms with Gasteiger partial charge in [0.2, 0.25) is 10.0 Å². The molecular weight excluding hydrogens is 264 g/mol. The number of ether oxygens (including phenoxy) is 1. The van der Waals surface area contributed by atoms with Crippen molar-refractivity contribution in [2.75, 3.05) is 27.2 Å². The van der Waals surface area contributed by atoms with Crippen LogP contribution in [0, 0.1) is 0 Å². The van der Waals surface area contributed by atoms with Gasteiger partial charge in [0.25, 0.3) is 0 Å². The van der Waals surface area contributed by atoms with Gasteiger partial charge in [0, 0.05) is 6.07 Å². The zero-order chi connectivity index (χ0) is 13.9. The highest BCUT2D eigenvalue weighted by Gasteiger charge is 2.24. The monoisotopic (exact) mass is 284 g/mol. The van der Waals surface area contributed by atoms with Crippen molar-refractivity contribution in [2.24, 2.45) is 0 Å². The molecule has 1 heterocycles. The van der Waals surface area contributed by atoms with Gasteiger partial charge in [-0.25, -0.2) is 13.1 Å². The molecule has 1 aromatic rings. The van der Waals surface area contributed by atoms with Gasteiger partial charge in [0.05, 0.1) is 12.0 Å². The molecule has 0 saturated carbocycles. The third-order valence-electron chi connectivity index (χ3n) is 3.56. The van der Waals surface area contributed by atoms with Crippen molar-refractivity contribution in [3.8, 4) is 5.75 Å². The first kappa shape index (κ1) is 14.3. The number of nitrogens with one attached hydrogen (secondary N) is 2. The SMILES string of the molecule is CNS(=O)(=O)c1cc(OC)ccc1C1CCNCC1. The minimum Gasteiger partial charge on any atom is -0.497 e. The van der Waals surface area contributed by atoms with Gasteiger partial charge in [-0.2, -0.15) is 0 Å². The Morgan fingerprint density at radius 2 is 2.00 bits per heavy atom. The first-order valence-corrected chi connectivity index (χ1v) is 7.89. The summed E-state index contributed by atoms with van der Waals surface area (Å²) >= 11 is 0. The second kappa shape index (κ2) is 5.90. The second-order valence-electron chi connectivity index (χ2n) is 4.64. The van der Waals surface area contributed by atoms with Crippen LogP contribution >= 0.6 is 0 Å². The Morgan fingerprint density at radius 1 is 1.32 bits per heavy atom. The van der Waals surface area contributed by atoms with Crippen LogP contribution in [0.2, 0.25) is 0 Å². The van der Waals surface area contributed by atoms with E-state index in [9.17, 15) is 8.42 Å². The highest BCUT2D eigenvalue weighted by atomic mass is 32.2. The van der Waals surface area contributed by atoms with E-state index in [2.05, 4.69) is 10.0 Å². The predicted molar refractivity (Wildman–Crippen MR) is 74.1 cm³/mol. The maximum absolute atomic E-state index is 12.2. The molecule has 0 unspecified atom stereocenters. The molecule has 0 atom stereocenters. The lowest BCUT2D eigenvalue weighted by atomic mass is 9.90. The molecule has 5 nitrogen and oxygen atoms in total. The summed E-state index contributed by atoms with van der Waals surface area (Å²) in [5.41, 5.74) is 0.886. The summed E-state index contributed by atoms with van der Waals surface area (Å²) in [7, 11) is -0.493. The standard InChI is InChI=1S/C13H20N2O3S/c1-14-19(16,17)13-9-11(18-2)3-4-12(13)10-5-7-15-8-6-10/h3-4,9-10,14-15H,5-8H2,1-2H3. The predicted octanol–water partition coefficient (Wildman–Crippen LogP) is 1.07. The third-order valence-corrected chi connectivity index (χ3v) is 5.03. The van der Waals surface area contributed by atoms with E-state index in [4.69, 9.17) is 4.74 Å². The van der Waals surface area contributed by atoms with Crippen LogP contribution in [0.5, 0.6) is 5.75 Å². The van der Waals surface area contributed by atoms with Crippen LogP contribution in [-0.2, 0) is 10.0 Å². The van der Waals surface area contributed by atoms with Crippen molar-refractivity contribution >= 4 is 10.0 Å². The molecule has 6 heteroatoms. The largest absolute Gasteiger partial charge is 0.497 e. The molecular formula is C13H20N2O3S. The smallest absolute Gasteiger partial charge is 0.240 e. The van der Waals surface area contributed by atoms with E-state index in [0.717, 1.165) is 31.5 Å².